The highest BCUT2D eigenvalue weighted by molar-refractivity contribution is 6.33. The molecule has 1 aromatic rings. The number of nitrogens with zero attached hydrogens (tertiary/aromatic N) is 1. The van der Waals surface area contributed by atoms with Crippen molar-refractivity contribution < 1.29 is 4.74 Å². The monoisotopic (exact) mass is 254 g/mol. The van der Waals surface area contributed by atoms with E-state index in [2.05, 4.69) is 4.90 Å². The second-order valence-corrected chi connectivity index (χ2v) is 4.80. The summed E-state index contributed by atoms with van der Waals surface area (Å²) < 4.78 is 5.44. The molecule has 94 valence electrons. The first kappa shape index (κ1) is 12.7. The standard InChI is InChI=1S/C13H19ClN2O/c1-17-11-5-3-7-16(9-11)13-10(8-15)4-2-6-12(13)14/h2,4,6,11H,3,5,7-9,15H2,1H3. The lowest BCUT2D eigenvalue weighted by Crippen LogP contribution is -2.40. The van der Waals surface area contributed by atoms with Crippen LogP contribution in [-0.4, -0.2) is 26.3 Å². The highest BCUT2D eigenvalue weighted by atomic mass is 35.5. The zero-order valence-electron chi connectivity index (χ0n) is 10.2. The van der Waals surface area contributed by atoms with Crippen LogP contribution in [0.4, 0.5) is 5.69 Å². The predicted octanol–water partition coefficient (Wildman–Crippen LogP) is 2.41. The summed E-state index contributed by atoms with van der Waals surface area (Å²) in [4.78, 5) is 2.29. The van der Waals surface area contributed by atoms with Gasteiger partial charge >= 0.3 is 0 Å². The first-order valence-electron chi connectivity index (χ1n) is 6.01. The van der Waals surface area contributed by atoms with E-state index in [0.29, 0.717) is 12.6 Å². The lowest BCUT2D eigenvalue weighted by Gasteiger charge is -2.35. The van der Waals surface area contributed by atoms with Crippen LogP contribution < -0.4 is 10.6 Å². The number of hydrogen-bond acceptors (Lipinski definition) is 3. The van der Waals surface area contributed by atoms with E-state index in [-0.39, 0.29) is 0 Å². The van der Waals surface area contributed by atoms with Crippen LogP contribution in [0.2, 0.25) is 5.02 Å². The van der Waals surface area contributed by atoms with Gasteiger partial charge in [0.05, 0.1) is 16.8 Å². The van der Waals surface area contributed by atoms with E-state index in [9.17, 15) is 0 Å². The Labute approximate surface area is 107 Å². The highest BCUT2D eigenvalue weighted by Crippen LogP contribution is 2.32. The molecular weight excluding hydrogens is 236 g/mol. The Hall–Kier alpha value is -0.770. The highest BCUT2D eigenvalue weighted by Gasteiger charge is 2.22. The molecule has 1 fully saturated rings. The molecule has 0 spiro atoms. The van der Waals surface area contributed by atoms with Gasteiger partial charge in [0.25, 0.3) is 0 Å². The van der Waals surface area contributed by atoms with Gasteiger partial charge in [0.15, 0.2) is 0 Å². The summed E-state index contributed by atoms with van der Waals surface area (Å²) in [5.74, 6) is 0. The topological polar surface area (TPSA) is 38.5 Å². The molecule has 2 rings (SSSR count). The lowest BCUT2D eigenvalue weighted by atomic mass is 10.1. The number of para-hydroxylation sites is 1. The normalized spacial score (nSPS) is 20.6. The van der Waals surface area contributed by atoms with Gasteiger partial charge in [-0.3, -0.25) is 0 Å². The van der Waals surface area contributed by atoms with Gasteiger partial charge in [-0.25, -0.2) is 0 Å². The summed E-state index contributed by atoms with van der Waals surface area (Å²) in [5.41, 5.74) is 7.96. The Kier molecular flexibility index (Phi) is 4.26. The molecule has 1 unspecified atom stereocenters. The van der Waals surface area contributed by atoms with Crippen LogP contribution >= 0.6 is 11.6 Å². The van der Waals surface area contributed by atoms with Crippen LogP contribution in [-0.2, 0) is 11.3 Å². The molecule has 3 nitrogen and oxygen atoms in total. The molecule has 0 radical (unpaired) electrons. The molecule has 1 atom stereocenters. The average Bonchev–Trinajstić information content (AvgIpc) is 2.38. The van der Waals surface area contributed by atoms with Crippen LogP contribution in [0.25, 0.3) is 0 Å². The second-order valence-electron chi connectivity index (χ2n) is 4.40. The lowest BCUT2D eigenvalue weighted by molar-refractivity contribution is 0.0893. The molecule has 0 bridgehead atoms. The number of nitrogens with two attached hydrogens (primary N) is 1. The van der Waals surface area contributed by atoms with Crippen LogP contribution in [0, 0.1) is 0 Å². The van der Waals surface area contributed by atoms with Crippen LogP contribution in [0.5, 0.6) is 0 Å². The van der Waals surface area contributed by atoms with Crippen molar-refractivity contribution in [3.8, 4) is 0 Å². The first-order valence-corrected chi connectivity index (χ1v) is 6.39. The zero-order valence-corrected chi connectivity index (χ0v) is 10.9. The van der Waals surface area contributed by atoms with Crippen molar-refractivity contribution >= 4 is 17.3 Å². The number of benzene rings is 1. The summed E-state index contributed by atoms with van der Waals surface area (Å²) in [6.45, 7) is 2.44. The Balaban J connectivity index is 2.26. The predicted molar refractivity (Wildman–Crippen MR) is 71.6 cm³/mol. The summed E-state index contributed by atoms with van der Waals surface area (Å²) in [6, 6.07) is 5.91. The number of hydrogen-bond donors (Lipinski definition) is 1. The van der Waals surface area contributed by atoms with Crippen molar-refractivity contribution in [1.82, 2.24) is 0 Å². The second kappa shape index (κ2) is 5.71. The largest absolute Gasteiger partial charge is 0.380 e. The van der Waals surface area contributed by atoms with Gasteiger partial charge in [-0.1, -0.05) is 23.7 Å². The zero-order chi connectivity index (χ0) is 12.3. The van der Waals surface area contributed by atoms with Gasteiger partial charge in [0.1, 0.15) is 0 Å². The fourth-order valence-corrected chi connectivity index (χ4v) is 2.73. The fraction of sp³-hybridized carbons (Fsp3) is 0.538. The number of methoxy groups -OCH3 is 1. The third-order valence-corrected chi connectivity index (χ3v) is 3.62. The van der Waals surface area contributed by atoms with E-state index in [1.807, 2.05) is 18.2 Å². The third-order valence-electron chi connectivity index (χ3n) is 3.32. The van der Waals surface area contributed by atoms with Gasteiger partial charge in [-0.15, -0.1) is 0 Å². The molecular formula is C13H19ClN2O. The maximum Gasteiger partial charge on any atom is 0.0746 e. The Morgan fingerprint density at radius 1 is 1.53 bits per heavy atom. The number of piperidine rings is 1. The van der Waals surface area contributed by atoms with Crippen molar-refractivity contribution in [1.29, 1.82) is 0 Å². The molecule has 0 aromatic heterocycles. The minimum atomic E-state index is 0.297. The van der Waals surface area contributed by atoms with E-state index < -0.39 is 0 Å². The molecule has 1 aliphatic heterocycles. The molecule has 17 heavy (non-hydrogen) atoms. The van der Waals surface area contributed by atoms with Crippen molar-refractivity contribution in [3.63, 3.8) is 0 Å². The van der Waals surface area contributed by atoms with Gasteiger partial charge < -0.3 is 15.4 Å². The number of rotatable bonds is 3. The molecule has 2 N–H and O–H groups in total. The van der Waals surface area contributed by atoms with Crippen molar-refractivity contribution in [2.24, 2.45) is 5.73 Å². The molecule has 0 aliphatic carbocycles. The van der Waals surface area contributed by atoms with Crippen LogP contribution in [0.3, 0.4) is 0 Å². The maximum absolute atomic E-state index is 6.29. The summed E-state index contributed by atoms with van der Waals surface area (Å²) >= 11 is 6.29. The summed E-state index contributed by atoms with van der Waals surface area (Å²) in [7, 11) is 1.77. The minimum absolute atomic E-state index is 0.297. The summed E-state index contributed by atoms with van der Waals surface area (Å²) in [6.07, 6.45) is 2.55. The fourth-order valence-electron chi connectivity index (χ4n) is 2.41. The summed E-state index contributed by atoms with van der Waals surface area (Å²) in [5, 5.41) is 0.782. The number of ether oxygens (including phenoxy) is 1. The molecule has 1 heterocycles. The molecule has 1 aromatic carbocycles. The van der Waals surface area contributed by atoms with E-state index in [1.54, 1.807) is 7.11 Å². The molecule has 0 saturated carbocycles. The average molecular weight is 255 g/mol. The number of anilines is 1. The van der Waals surface area contributed by atoms with Gasteiger partial charge in [0, 0.05) is 26.7 Å². The Bertz CT molecular complexity index is 384. The maximum atomic E-state index is 6.29. The molecule has 4 heteroatoms. The molecule has 1 aliphatic rings. The van der Waals surface area contributed by atoms with Crippen molar-refractivity contribution in [2.45, 2.75) is 25.5 Å². The minimum Gasteiger partial charge on any atom is -0.380 e. The SMILES string of the molecule is COC1CCCN(c2c(Cl)cccc2CN)C1. The Morgan fingerprint density at radius 2 is 2.35 bits per heavy atom. The first-order chi connectivity index (χ1) is 8.26. The van der Waals surface area contributed by atoms with Crippen LogP contribution in [0.15, 0.2) is 18.2 Å². The van der Waals surface area contributed by atoms with E-state index in [1.165, 1.54) is 0 Å². The van der Waals surface area contributed by atoms with E-state index in [4.69, 9.17) is 22.1 Å². The quantitative estimate of drug-likeness (QED) is 0.900. The smallest absolute Gasteiger partial charge is 0.0746 e. The van der Waals surface area contributed by atoms with Crippen molar-refractivity contribution in [2.75, 3.05) is 25.1 Å². The molecule has 1 saturated heterocycles. The Morgan fingerprint density at radius 3 is 3.06 bits per heavy atom. The number of halogens is 1. The molecule has 0 amide bonds. The van der Waals surface area contributed by atoms with Gasteiger partial charge in [0.2, 0.25) is 0 Å². The van der Waals surface area contributed by atoms with Gasteiger partial charge in [-0.2, -0.15) is 0 Å². The third kappa shape index (κ3) is 2.73. The van der Waals surface area contributed by atoms with E-state index >= 15 is 0 Å². The van der Waals surface area contributed by atoms with Gasteiger partial charge in [-0.05, 0) is 24.5 Å². The van der Waals surface area contributed by atoms with Crippen LogP contribution in [0.1, 0.15) is 18.4 Å². The van der Waals surface area contributed by atoms with Crippen molar-refractivity contribution in [3.05, 3.63) is 28.8 Å². The van der Waals surface area contributed by atoms with E-state index in [0.717, 1.165) is 42.2 Å².